The summed E-state index contributed by atoms with van der Waals surface area (Å²) in [6.45, 7) is 2.35. The zero-order chi connectivity index (χ0) is 11.6. The Kier molecular flexibility index (Phi) is 6.24. The molecule has 1 aromatic rings. The van der Waals surface area contributed by atoms with E-state index in [-0.39, 0.29) is 5.92 Å². The molecule has 1 N–H and O–H groups in total. The van der Waals surface area contributed by atoms with Crippen LogP contribution in [0.25, 0.3) is 0 Å². The molecule has 0 radical (unpaired) electrons. The van der Waals surface area contributed by atoms with E-state index in [1.165, 1.54) is 0 Å². The summed E-state index contributed by atoms with van der Waals surface area (Å²) in [6.07, 6.45) is 0.976. The van der Waals surface area contributed by atoms with Crippen LogP contribution >= 0.6 is 0 Å². The summed E-state index contributed by atoms with van der Waals surface area (Å²) in [6, 6.07) is 12.2. The number of nitrogens with zero attached hydrogens (tertiary/aromatic N) is 1. The highest BCUT2D eigenvalue weighted by Crippen LogP contribution is 2.12. The zero-order valence-electron chi connectivity index (χ0n) is 9.65. The van der Waals surface area contributed by atoms with Gasteiger partial charge >= 0.3 is 0 Å². The van der Waals surface area contributed by atoms with E-state index in [0.717, 1.165) is 25.1 Å². The van der Waals surface area contributed by atoms with Gasteiger partial charge in [0.25, 0.3) is 0 Å². The first-order valence-electron chi connectivity index (χ1n) is 5.52. The van der Waals surface area contributed by atoms with Gasteiger partial charge in [0.15, 0.2) is 0 Å². The SMILES string of the molecule is COCCCNCC(C#N)c1ccccc1. The van der Waals surface area contributed by atoms with Crippen molar-refractivity contribution in [3.8, 4) is 6.07 Å². The predicted molar refractivity (Wildman–Crippen MR) is 64.2 cm³/mol. The molecule has 0 aliphatic rings. The molecule has 0 aliphatic heterocycles. The lowest BCUT2D eigenvalue weighted by atomic mass is 10.0. The lowest BCUT2D eigenvalue weighted by Gasteiger charge is -2.10. The molecule has 0 aliphatic carbocycles. The number of nitrogens with one attached hydrogen (secondary N) is 1. The molecule has 1 atom stereocenters. The van der Waals surface area contributed by atoms with Gasteiger partial charge in [-0.15, -0.1) is 0 Å². The zero-order valence-corrected chi connectivity index (χ0v) is 9.65. The summed E-state index contributed by atoms with van der Waals surface area (Å²) in [5.74, 6) is -0.0660. The van der Waals surface area contributed by atoms with Gasteiger partial charge < -0.3 is 10.1 Å². The first-order chi connectivity index (χ1) is 7.88. The van der Waals surface area contributed by atoms with Crippen LogP contribution in [0.2, 0.25) is 0 Å². The van der Waals surface area contributed by atoms with Crippen LogP contribution < -0.4 is 5.32 Å². The van der Waals surface area contributed by atoms with Crippen molar-refractivity contribution in [2.75, 3.05) is 26.8 Å². The van der Waals surface area contributed by atoms with Crippen LogP contribution in [0.15, 0.2) is 30.3 Å². The summed E-state index contributed by atoms with van der Waals surface area (Å²) in [5, 5.41) is 12.3. The van der Waals surface area contributed by atoms with Crippen LogP contribution in [0.4, 0.5) is 0 Å². The monoisotopic (exact) mass is 218 g/mol. The van der Waals surface area contributed by atoms with E-state index < -0.39 is 0 Å². The number of hydrogen-bond donors (Lipinski definition) is 1. The molecule has 0 bridgehead atoms. The summed E-state index contributed by atoms with van der Waals surface area (Å²) in [4.78, 5) is 0. The second-order valence-electron chi connectivity index (χ2n) is 3.64. The Balaban J connectivity index is 2.31. The molecule has 1 rings (SSSR count). The lowest BCUT2D eigenvalue weighted by molar-refractivity contribution is 0.194. The Hall–Kier alpha value is -1.37. The van der Waals surface area contributed by atoms with Crippen molar-refractivity contribution in [3.05, 3.63) is 35.9 Å². The molecule has 1 aromatic carbocycles. The molecule has 0 amide bonds. The summed E-state index contributed by atoms with van der Waals surface area (Å²) in [5.41, 5.74) is 1.07. The molecule has 86 valence electrons. The lowest BCUT2D eigenvalue weighted by Crippen LogP contribution is -2.22. The molecule has 0 saturated heterocycles. The fraction of sp³-hybridized carbons (Fsp3) is 0.462. The minimum Gasteiger partial charge on any atom is -0.385 e. The van der Waals surface area contributed by atoms with Gasteiger partial charge in [-0.25, -0.2) is 0 Å². The fourth-order valence-electron chi connectivity index (χ4n) is 1.51. The molecule has 3 heteroatoms. The second-order valence-corrected chi connectivity index (χ2v) is 3.64. The molecule has 0 heterocycles. The number of rotatable bonds is 7. The number of ether oxygens (including phenoxy) is 1. The quantitative estimate of drug-likeness (QED) is 0.711. The number of methoxy groups -OCH3 is 1. The largest absolute Gasteiger partial charge is 0.385 e. The highest BCUT2D eigenvalue weighted by molar-refractivity contribution is 5.24. The fourth-order valence-corrected chi connectivity index (χ4v) is 1.51. The average molecular weight is 218 g/mol. The first-order valence-corrected chi connectivity index (χ1v) is 5.52. The normalized spacial score (nSPS) is 12.0. The van der Waals surface area contributed by atoms with E-state index in [1.807, 2.05) is 30.3 Å². The molecule has 0 aromatic heterocycles. The Morgan fingerprint density at radius 2 is 2.12 bits per heavy atom. The second kappa shape index (κ2) is 7.86. The minimum atomic E-state index is -0.0660. The Morgan fingerprint density at radius 1 is 1.38 bits per heavy atom. The van der Waals surface area contributed by atoms with Crippen molar-refractivity contribution in [1.29, 1.82) is 5.26 Å². The van der Waals surface area contributed by atoms with Crippen LogP contribution in [0.1, 0.15) is 17.9 Å². The van der Waals surface area contributed by atoms with Crippen LogP contribution in [-0.2, 0) is 4.74 Å². The molecule has 0 spiro atoms. The molecule has 3 nitrogen and oxygen atoms in total. The van der Waals surface area contributed by atoms with Gasteiger partial charge in [-0.1, -0.05) is 30.3 Å². The third-order valence-corrected chi connectivity index (χ3v) is 2.41. The van der Waals surface area contributed by atoms with Crippen molar-refractivity contribution in [3.63, 3.8) is 0 Å². The Labute approximate surface area is 97.0 Å². The van der Waals surface area contributed by atoms with Gasteiger partial charge in [0, 0.05) is 20.3 Å². The summed E-state index contributed by atoms with van der Waals surface area (Å²) < 4.78 is 4.95. The molecular formula is C13H18N2O. The molecule has 0 saturated carbocycles. The van der Waals surface area contributed by atoms with Gasteiger partial charge in [0.05, 0.1) is 12.0 Å². The first kappa shape index (κ1) is 12.7. The number of nitriles is 1. The number of benzene rings is 1. The van der Waals surface area contributed by atoms with Crippen LogP contribution in [0.3, 0.4) is 0 Å². The average Bonchev–Trinajstić information content (AvgIpc) is 2.35. The van der Waals surface area contributed by atoms with Gasteiger partial charge in [0.2, 0.25) is 0 Å². The van der Waals surface area contributed by atoms with Crippen LogP contribution in [0.5, 0.6) is 0 Å². The van der Waals surface area contributed by atoms with E-state index in [1.54, 1.807) is 7.11 Å². The van der Waals surface area contributed by atoms with Crippen molar-refractivity contribution in [1.82, 2.24) is 5.32 Å². The van der Waals surface area contributed by atoms with Crippen molar-refractivity contribution >= 4 is 0 Å². The third kappa shape index (κ3) is 4.43. The van der Waals surface area contributed by atoms with Crippen molar-refractivity contribution in [2.24, 2.45) is 0 Å². The highest BCUT2D eigenvalue weighted by Gasteiger charge is 2.08. The van der Waals surface area contributed by atoms with E-state index in [9.17, 15) is 0 Å². The van der Waals surface area contributed by atoms with Gasteiger partial charge in [-0.3, -0.25) is 0 Å². The third-order valence-electron chi connectivity index (χ3n) is 2.41. The van der Waals surface area contributed by atoms with E-state index >= 15 is 0 Å². The smallest absolute Gasteiger partial charge is 0.0837 e. The summed E-state index contributed by atoms with van der Waals surface area (Å²) >= 11 is 0. The Morgan fingerprint density at radius 3 is 2.75 bits per heavy atom. The molecular weight excluding hydrogens is 200 g/mol. The predicted octanol–water partition coefficient (Wildman–Crippen LogP) is 1.92. The van der Waals surface area contributed by atoms with Crippen molar-refractivity contribution < 1.29 is 4.74 Å². The number of hydrogen-bond acceptors (Lipinski definition) is 3. The maximum absolute atomic E-state index is 9.07. The van der Waals surface area contributed by atoms with Crippen LogP contribution in [0, 0.1) is 11.3 Å². The van der Waals surface area contributed by atoms with E-state index in [2.05, 4.69) is 11.4 Å². The highest BCUT2D eigenvalue weighted by atomic mass is 16.5. The van der Waals surface area contributed by atoms with Crippen molar-refractivity contribution in [2.45, 2.75) is 12.3 Å². The van der Waals surface area contributed by atoms with E-state index in [4.69, 9.17) is 10.00 Å². The summed E-state index contributed by atoms with van der Waals surface area (Å²) in [7, 11) is 1.70. The minimum absolute atomic E-state index is 0.0660. The molecule has 16 heavy (non-hydrogen) atoms. The Bertz CT molecular complexity index is 318. The maximum atomic E-state index is 9.07. The molecule has 0 fully saturated rings. The van der Waals surface area contributed by atoms with E-state index in [0.29, 0.717) is 6.54 Å². The standard InChI is InChI=1S/C13H18N2O/c1-16-9-5-8-15-11-13(10-14)12-6-3-2-4-7-12/h2-4,6-7,13,15H,5,8-9,11H2,1H3. The maximum Gasteiger partial charge on any atom is 0.0837 e. The van der Waals surface area contributed by atoms with Crippen LogP contribution in [-0.4, -0.2) is 26.8 Å². The van der Waals surface area contributed by atoms with Gasteiger partial charge in [-0.2, -0.15) is 5.26 Å². The van der Waals surface area contributed by atoms with Gasteiger partial charge in [-0.05, 0) is 18.5 Å². The molecule has 1 unspecified atom stereocenters. The van der Waals surface area contributed by atoms with Gasteiger partial charge in [0.1, 0.15) is 0 Å². The topological polar surface area (TPSA) is 45.0 Å².